The second kappa shape index (κ2) is 4.41. The normalized spacial score (nSPS) is 16.5. The maximum absolute atomic E-state index is 10.00. The van der Waals surface area contributed by atoms with Crippen molar-refractivity contribution in [3.63, 3.8) is 0 Å². The van der Waals surface area contributed by atoms with Crippen LogP contribution in [0.1, 0.15) is 0 Å². The molecule has 1 amide bonds. The van der Waals surface area contributed by atoms with Gasteiger partial charge in [-0.15, -0.1) is 0 Å². The molecule has 6 heteroatoms. The van der Waals surface area contributed by atoms with E-state index in [-0.39, 0.29) is 64.5 Å². The van der Waals surface area contributed by atoms with Gasteiger partial charge >= 0.3 is 51.4 Å². The molecule has 1 aliphatic heterocycles. The molecule has 1 aliphatic rings. The summed E-state index contributed by atoms with van der Waals surface area (Å²) in [7, 11) is 0. The van der Waals surface area contributed by atoms with Crippen molar-refractivity contribution >= 4 is 12.1 Å². The van der Waals surface area contributed by atoms with Gasteiger partial charge in [0.2, 0.25) is 0 Å². The minimum atomic E-state index is -1.32. The van der Waals surface area contributed by atoms with E-state index in [1.165, 1.54) is 0 Å². The van der Waals surface area contributed by atoms with Crippen LogP contribution >= 0.6 is 0 Å². The fraction of sp³-hybridized carbons (Fsp3) is 0.600. The monoisotopic (exact) mass is 182 g/mol. The largest absolute Gasteiger partial charge is 1.00 e. The second-order valence-electron chi connectivity index (χ2n) is 2.19. The molecule has 0 bridgehead atoms. The van der Waals surface area contributed by atoms with Gasteiger partial charge in [-0.25, -0.2) is 0 Å². The Morgan fingerprint density at radius 1 is 1.27 bits per heavy atom. The molecular formula is C5H5KNO4-. The Hall–Kier alpha value is 0.376. The molecule has 0 N–H and O–H groups in total. The van der Waals surface area contributed by atoms with Crippen molar-refractivity contribution in [2.75, 3.05) is 13.1 Å². The number of hydrogen-bond acceptors (Lipinski definition) is 4. The number of rotatable bonds is 1. The van der Waals surface area contributed by atoms with E-state index in [0.29, 0.717) is 0 Å². The first-order valence-electron chi connectivity index (χ1n) is 2.78. The number of carbonyl (C=O) groups excluding carboxylic acids is 2. The van der Waals surface area contributed by atoms with Crippen molar-refractivity contribution in [1.82, 2.24) is 4.90 Å². The summed E-state index contributed by atoms with van der Waals surface area (Å²) in [6.07, 6.45) is -1.32. The maximum Gasteiger partial charge on any atom is 1.00 e. The molecule has 0 atom stereocenters. The quantitative estimate of drug-likeness (QED) is 0.378. The van der Waals surface area contributed by atoms with Crippen molar-refractivity contribution < 1.29 is 71.2 Å². The molecule has 0 radical (unpaired) electrons. The average Bonchev–Trinajstić information content (AvgIpc) is 1.56. The molecule has 5 nitrogen and oxygen atoms in total. The second-order valence-corrected chi connectivity index (χ2v) is 2.19. The number of nitrogens with zero attached hydrogens (tertiary/aromatic N) is 1. The molecule has 1 saturated heterocycles. The molecule has 0 aromatic rings. The fourth-order valence-corrected chi connectivity index (χ4v) is 0.777. The number of likely N-dealkylation sites (tertiary alicyclic amines) is 1. The minimum Gasteiger partial charge on any atom is -0.550 e. The van der Waals surface area contributed by atoms with Gasteiger partial charge in [0, 0.05) is 25.0 Å². The third kappa shape index (κ3) is 2.71. The first kappa shape index (κ1) is 11.4. The van der Waals surface area contributed by atoms with Gasteiger partial charge in [0.25, 0.3) is 0 Å². The average molecular weight is 182 g/mol. The molecule has 0 aromatic carbocycles. The Labute approximate surface area is 106 Å². The van der Waals surface area contributed by atoms with E-state index < -0.39 is 18.0 Å². The van der Waals surface area contributed by atoms with Crippen LogP contribution in [0.5, 0.6) is 0 Å². The number of carboxylic acid groups (broad SMARTS) is 2. The van der Waals surface area contributed by atoms with E-state index in [1.54, 1.807) is 0 Å². The van der Waals surface area contributed by atoms with E-state index >= 15 is 0 Å². The van der Waals surface area contributed by atoms with Gasteiger partial charge in [-0.2, -0.15) is 0 Å². The number of carbonyl (C=O) groups is 2. The SMILES string of the molecule is O=C([O-])C1CN(C(=O)[O-])C1.[K+]. The van der Waals surface area contributed by atoms with Crippen LogP contribution in [-0.2, 0) is 4.79 Å². The molecule has 1 fully saturated rings. The number of hydrogen-bond donors (Lipinski definition) is 0. The summed E-state index contributed by atoms with van der Waals surface area (Å²) in [5, 5.41) is 19.9. The third-order valence-corrected chi connectivity index (χ3v) is 1.47. The predicted octanol–water partition coefficient (Wildman–Crippen LogP) is -5.98. The van der Waals surface area contributed by atoms with Gasteiger partial charge in [-0.3, -0.25) is 0 Å². The molecule has 0 aliphatic carbocycles. The molecule has 0 spiro atoms. The van der Waals surface area contributed by atoms with Crippen molar-refractivity contribution in [1.29, 1.82) is 0 Å². The Balaban J connectivity index is 0.000001000. The topological polar surface area (TPSA) is 83.5 Å². The smallest absolute Gasteiger partial charge is 0.550 e. The van der Waals surface area contributed by atoms with Crippen molar-refractivity contribution in [3.05, 3.63) is 0 Å². The van der Waals surface area contributed by atoms with Gasteiger partial charge in [-0.1, -0.05) is 0 Å². The Morgan fingerprint density at radius 2 is 1.73 bits per heavy atom. The van der Waals surface area contributed by atoms with Gasteiger partial charge in [0.1, 0.15) is 6.09 Å². The van der Waals surface area contributed by atoms with Crippen LogP contribution in [0.25, 0.3) is 0 Å². The van der Waals surface area contributed by atoms with E-state index in [4.69, 9.17) is 0 Å². The van der Waals surface area contributed by atoms with Crippen LogP contribution in [-0.4, -0.2) is 30.1 Å². The molecule has 1 rings (SSSR count). The summed E-state index contributed by atoms with van der Waals surface area (Å²) < 4.78 is 0. The number of carboxylic acids is 1. The van der Waals surface area contributed by atoms with E-state index in [9.17, 15) is 19.8 Å². The van der Waals surface area contributed by atoms with Crippen LogP contribution in [0.4, 0.5) is 4.79 Å². The third-order valence-electron chi connectivity index (χ3n) is 1.47. The van der Waals surface area contributed by atoms with E-state index in [0.717, 1.165) is 4.90 Å². The number of amides is 1. The molecule has 0 aromatic heterocycles. The molecule has 56 valence electrons. The molecule has 11 heavy (non-hydrogen) atoms. The van der Waals surface area contributed by atoms with Gasteiger partial charge in [0.15, 0.2) is 0 Å². The first-order valence-corrected chi connectivity index (χ1v) is 2.78. The zero-order chi connectivity index (χ0) is 7.72. The molecule has 0 unspecified atom stereocenters. The van der Waals surface area contributed by atoms with Crippen LogP contribution in [0.2, 0.25) is 0 Å². The molecule has 0 saturated carbocycles. The summed E-state index contributed by atoms with van der Waals surface area (Å²) in [5.74, 6) is -1.84. The van der Waals surface area contributed by atoms with Crippen LogP contribution in [0.15, 0.2) is 0 Å². The van der Waals surface area contributed by atoms with E-state index in [1.807, 2.05) is 0 Å². The van der Waals surface area contributed by atoms with Crippen molar-refractivity contribution in [2.45, 2.75) is 0 Å². The summed E-state index contributed by atoms with van der Waals surface area (Å²) in [6.45, 7) is 0.00926. The van der Waals surface area contributed by atoms with E-state index in [2.05, 4.69) is 0 Å². The predicted molar refractivity (Wildman–Crippen MR) is 25.5 cm³/mol. The summed E-state index contributed by atoms with van der Waals surface area (Å²) >= 11 is 0. The first-order chi connectivity index (χ1) is 4.61. The zero-order valence-corrected chi connectivity index (χ0v) is 9.19. The van der Waals surface area contributed by atoms with Crippen LogP contribution in [0, 0.1) is 5.92 Å². The van der Waals surface area contributed by atoms with Crippen molar-refractivity contribution in [3.8, 4) is 0 Å². The molecule has 1 heterocycles. The zero-order valence-electron chi connectivity index (χ0n) is 6.07. The summed E-state index contributed by atoms with van der Waals surface area (Å²) in [6, 6.07) is 0. The molecular weight excluding hydrogens is 177 g/mol. The van der Waals surface area contributed by atoms with Crippen LogP contribution < -0.4 is 61.6 Å². The summed E-state index contributed by atoms with van der Waals surface area (Å²) in [5.41, 5.74) is 0. The van der Waals surface area contributed by atoms with Gasteiger partial charge < -0.3 is 24.7 Å². The Morgan fingerprint density at radius 3 is 2.00 bits per heavy atom. The van der Waals surface area contributed by atoms with Gasteiger partial charge in [0.05, 0.1) is 0 Å². The van der Waals surface area contributed by atoms with Crippen molar-refractivity contribution in [2.24, 2.45) is 5.92 Å². The van der Waals surface area contributed by atoms with Gasteiger partial charge in [-0.05, 0) is 0 Å². The number of aliphatic carboxylic acids is 1. The Kier molecular flexibility index (Phi) is 4.56. The van der Waals surface area contributed by atoms with Crippen LogP contribution in [0.3, 0.4) is 0 Å². The minimum absolute atomic E-state index is 0. The standard InChI is InChI=1S/C5H7NO4.K/c7-4(8)3-1-6(2-3)5(9)10;/h3H,1-2H2,(H,7,8)(H,9,10);/q;+1/p-2. The Bertz CT molecular complexity index is 159. The maximum atomic E-state index is 10.00. The summed E-state index contributed by atoms with van der Waals surface area (Å²) in [4.78, 5) is 20.9. The fourth-order valence-electron chi connectivity index (χ4n) is 0.777.